The summed E-state index contributed by atoms with van der Waals surface area (Å²) in [5.41, 5.74) is 1.27. The van der Waals surface area contributed by atoms with Crippen LogP contribution in [-0.2, 0) is 5.16 Å². The van der Waals surface area contributed by atoms with E-state index in [0.717, 1.165) is 12.2 Å². The van der Waals surface area contributed by atoms with Crippen LogP contribution in [-0.4, -0.2) is 7.11 Å². The first-order valence-electron chi connectivity index (χ1n) is 5.04. The highest BCUT2D eigenvalue weighted by atomic mass is 31.0. The predicted octanol–water partition coefficient (Wildman–Crippen LogP) is 3.59. The van der Waals surface area contributed by atoms with Gasteiger partial charge in [-0.1, -0.05) is 38.5 Å². The number of para-hydroxylation sites is 1. The first-order valence-corrected chi connectivity index (χ1v) is 5.62. The Morgan fingerprint density at radius 3 is 2.57 bits per heavy atom. The van der Waals surface area contributed by atoms with Gasteiger partial charge in [0, 0.05) is 10.7 Å². The Balaban J connectivity index is 3.04. The van der Waals surface area contributed by atoms with Gasteiger partial charge in [0.25, 0.3) is 0 Å². The van der Waals surface area contributed by atoms with Crippen LogP contribution in [0.1, 0.15) is 32.3 Å². The van der Waals surface area contributed by atoms with Crippen LogP contribution >= 0.6 is 9.24 Å². The SMILES string of the molecule is CCCC(C)(P)c1ccccc1OC. The Morgan fingerprint density at radius 2 is 2.00 bits per heavy atom. The van der Waals surface area contributed by atoms with Crippen LogP contribution in [0.25, 0.3) is 0 Å². The Kier molecular flexibility index (Phi) is 3.95. The lowest BCUT2D eigenvalue weighted by atomic mass is 9.94. The molecule has 0 saturated carbocycles. The molecule has 0 radical (unpaired) electrons. The van der Waals surface area contributed by atoms with Crippen molar-refractivity contribution < 1.29 is 4.74 Å². The third-order valence-corrected chi connectivity index (χ3v) is 3.09. The summed E-state index contributed by atoms with van der Waals surface area (Å²) >= 11 is 0. The highest BCUT2D eigenvalue weighted by Crippen LogP contribution is 2.40. The van der Waals surface area contributed by atoms with Gasteiger partial charge >= 0.3 is 0 Å². The second-order valence-corrected chi connectivity index (χ2v) is 5.14. The van der Waals surface area contributed by atoms with E-state index in [2.05, 4.69) is 35.2 Å². The van der Waals surface area contributed by atoms with Gasteiger partial charge in [0.05, 0.1) is 7.11 Å². The van der Waals surface area contributed by atoms with Gasteiger partial charge in [-0.25, -0.2) is 0 Å². The van der Waals surface area contributed by atoms with Crippen molar-refractivity contribution in [1.29, 1.82) is 0 Å². The fraction of sp³-hybridized carbons (Fsp3) is 0.500. The molecule has 14 heavy (non-hydrogen) atoms. The van der Waals surface area contributed by atoms with Crippen molar-refractivity contribution >= 4 is 9.24 Å². The average Bonchev–Trinajstić information content (AvgIpc) is 2.18. The van der Waals surface area contributed by atoms with Gasteiger partial charge < -0.3 is 4.74 Å². The molecule has 0 aliphatic heterocycles. The van der Waals surface area contributed by atoms with Crippen LogP contribution in [0.2, 0.25) is 0 Å². The molecule has 1 aromatic carbocycles. The molecular formula is C12H19OP. The molecule has 2 heteroatoms. The fourth-order valence-electron chi connectivity index (χ4n) is 1.77. The Labute approximate surface area is 89.1 Å². The molecule has 0 aliphatic carbocycles. The summed E-state index contributed by atoms with van der Waals surface area (Å²) in [5, 5.41) is 0.126. The molecule has 0 bridgehead atoms. The standard InChI is InChI=1S/C12H19OP/c1-4-9-12(2,14)10-7-5-6-8-11(10)13-3/h5-8H,4,9,14H2,1-3H3. The zero-order chi connectivity index (χ0) is 10.6. The number of ether oxygens (including phenoxy) is 1. The summed E-state index contributed by atoms with van der Waals surface area (Å²) in [6.45, 7) is 4.44. The lowest BCUT2D eigenvalue weighted by molar-refractivity contribution is 0.402. The maximum absolute atomic E-state index is 5.36. The third kappa shape index (κ3) is 2.48. The second kappa shape index (κ2) is 4.79. The van der Waals surface area contributed by atoms with Crippen molar-refractivity contribution in [2.24, 2.45) is 0 Å². The maximum atomic E-state index is 5.36. The van der Waals surface area contributed by atoms with Gasteiger partial charge in [0.15, 0.2) is 0 Å². The largest absolute Gasteiger partial charge is 0.496 e. The molecule has 0 aromatic heterocycles. The minimum Gasteiger partial charge on any atom is -0.496 e. The van der Waals surface area contributed by atoms with E-state index in [9.17, 15) is 0 Å². The molecule has 1 aromatic rings. The second-order valence-electron chi connectivity index (χ2n) is 3.87. The number of hydrogen-bond donors (Lipinski definition) is 0. The van der Waals surface area contributed by atoms with Crippen LogP contribution < -0.4 is 4.74 Å². The predicted molar refractivity (Wildman–Crippen MR) is 65.0 cm³/mol. The van der Waals surface area contributed by atoms with Crippen molar-refractivity contribution in [3.05, 3.63) is 29.8 Å². The summed E-state index contributed by atoms with van der Waals surface area (Å²) in [5.74, 6) is 0.985. The fourth-order valence-corrected chi connectivity index (χ4v) is 2.30. The van der Waals surface area contributed by atoms with Crippen LogP contribution in [0.5, 0.6) is 5.75 Å². The van der Waals surface area contributed by atoms with E-state index in [-0.39, 0.29) is 5.16 Å². The van der Waals surface area contributed by atoms with Crippen LogP contribution in [0, 0.1) is 0 Å². The van der Waals surface area contributed by atoms with E-state index < -0.39 is 0 Å². The van der Waals surface area contributed by atoms with E-state index in [0.29, 0.717) is 0 Å². The molecule has 2 unspecified atom stereocenters. The van der Waals surface area contributed by atoms with Crippen molar-refractivity contribution in [1.82, 2.24) is 0 Å². The molecule has 0 N–H and O–H groups in total. The molecule has 78 valence electrons. The number of benzene rings is 1. The summed E-state index contributed by atoms with van der Waals surface area (Å²) in [4.78, 5) is 0. The summed E-state index contributed by atoms with van der Waals surface area (Å²) < 4.78 is 5.36. The van der Waals surface area contributed by atoms with Crippen molar-refractivity contribution in [3.8, 4) is 5.75 Å². The van der Waals surface area contributed by atoms with E-state index >= 15 is 0 Å². The molecule has 0 saturated heterocycles. The topological polar surface area (TPSA) is 9.23 Å². The molecule has 0 fully saturated rings. The monoisotopic (exact) mass is 210 g/mol. The molecule has 0 heterocycles. The van der Waals surface area contributed by atoms with Gasteiger partial charge in [-0.2, -0.15) is 0 Å². The van der Waals surface area contributed by atoms with E-state index in [4.69, 9.17) is 4.74 Å². The summed E-state index contributed by atoms with van der Waals surface area (Å²) in [7, 11) is 4.66. The molecule has 0 spiro atoms. The highest BCUT2D eigenvalue weighted by molar-refractivity contribution is 7.18. The number of rotatable bonds is 4. The Bertz CT molecular complexity index is 294. The van der Waals surface area contributed by atoms with E-state index in [1.54, 1.807) is 7.11 Å². The third-order valence-electron chi connectivity index (χ3n) is 2.49. The van der Waals surface area contributed by atoms with Gasteiger partial charge in [0.1, 0.15) is 5.75 Å². The summed E-state index contributed by atoms with van der Waals surface area (Å²) in [6.07, 6.45) is 2.33. The normalized spacial score (nSPS) is 14.9. The van der Waals surface area contributed by atoms with Crippen LogP contribution in [0.15, 0.2) is 24.3 Å². The number of hydrogen-bond acceptors (Lipinski definition) is 1. The molecular weight excluding hydrogens is 191 g/mol. The zero-order valence-electron chi connectivity index (χ0n) is 9.21. The average molecular weight is 210 g/mol. The molecule has 2 atom stereocenters. The Morgan fingerprint density at radius 1 is 1.36 bits per heavy atom. The maximum Gasteiger partial charge on any atom is 0.122 e. The first-order chi connectivity index (χ1) is 6.61. The van der Waals surface area contributed by atoms with Gasteiger partial charge in [0.2, 0.25) is 0 Å². The van der Waals surface area contributed by atoms with E-state index in [1.807, 2.05) is 12.1 Å². The van der Waals surface area contributed by atoms with Gasteiger partial charge in [-0.15, -0.1) is 9.24 Å². The van der Waals surface area contributed by atoms with E-state index in [1.165, 1.54) is 12.0 Å². The van der Waals surface area contributed by atoms with Crippen molar-refractivity contribution in [2.45, 2.75) is 31.8 Å². The molecule has 1 rings (SSSR count). The zero-order valence-corrected chi connectivity index (χ0v) is 10.4. The van der Waals surface area contributed by atoms with Gasteiger partial charge in [-0.05, 0) is 12.5 Å². The quantitative estimate of drug-likeness (QED) is 0.690. The van der Waals surface area contributed by atoms with Gasteiger partial charge in [-0.3, -0.25) is 0 Å². The first kappa shape index (κ1) is 11.5. The molecule has 0 amide bonds. The number of methoxy groups -OCH3 is 1. The molecule has 1 nitrogen and oxygen atoms in total. The molecule has 0 aliphatic rings. The smallest absolute Gasteiger partial charge is 0.122 e. The lowest BCUT2D eigenvalue weighted by Crippen LogP contribution is -2.13. The minimum atomic E-state index is 0.126. The lowest BCUT2D eigenvalue weighted by Gasteiger charge is -2.26. The highest BCUT2D eigenvalue weighted by Gasteiger charge is 2.22. The van der Waals surface area contributed by atoms with Crippen molar-refractivity contribution in [2.75, 3.05) is 7.11 Å². The van der Waals surface area contributed by atoms with Crippen LogP contribution in [0.4, 0.5) is 0 Å². The Hall–Kier alpha value is -0.550. The summed E-state index contributed by atoms with van der Waals surface area (Å²) in [6, 6.07) is 8.24. The van der Waals surface area contributed by atoms with Crippen molar-refractivity contribution in [3.63, 3.8) is 0 Å². The minimum absolute atomic E-state index is 0.126. The van der Waals surface area contributed by atoms with Crippen LogP contribution in [0.3, 0.4) is 0 Å².